The van der Waals surface area contributed by atoms with Gasteiger partial charge in [-0.25, -0.2) is 4.98 Å². The zero-order valence-electron chi connectivity index (χ0n) is 14.1. The predicted octanol–water partition coefficient (Wildman–Crippen LogP) is 2.96. The number of hydrogen-bond donors (Lipinski definition) is 1. The second kappa shape index (κ2) is 7.77. The first-order valence-corrected chi connectivity index (χ1v) is 9.09. The third kappa shape index (κ3) is 3.60. The molecule has 0 spiro atoms. The van der Waals surface area contributed by atoms with Crippen LogP contribution < -0.4 is 10.1 Å². The summed E-state index contributed by atoms with van der Waals surface area (Å²) in [5.74, 6) is 0.651. The van der Waals surface area contributed by atoms with Gasteiger partial charge in [-0.2, -0.15) is 0 Å². The first kappa shape index (κ1) is 16.9. The topological polar surface area (TPSA) is 54.5 Å². The zero-order valence-corrected chi connectivity index (χ0v) is 14.9. The summed E-state index contributed by atoms with van der Waals surface area (Å²) in [7, 11) is 3.70. The Bertz CT molecular complexity index is 675. The number of piperidine rings is 1. The molecule has 1 aliphatic heterocycles. The van der Waals surface area contributed by atoms with E-state index in [-0.39, 0.29) is 5.91 Å². The van der Waals surface area contributed by atoms with Crippen LogP contribution in [0.15, 0.2) is 35.8 Å². The van der Waals surface area contributed by atoms with Crippen LogP contribution in [-0.4, -0.2) is 43.0 Å². The molecule has 0 saturated carbocycles. The van der Waals surface area contributed by atoms with E-state index in [1.165, 1.54) is 12.0 Å². The van der Waals surface area contributed by atoms with Gasteiger partial charge < -0.3 is 10.1 Å². The van der Waals surface area contributed by atoms with Gasteiger partial charge in [0, 0.05) is 23.7 Å². The number of hydrogen-bond acceptors (Lipinski definition) is 5. The molecule has 1 amide bonds. The van der Waals surface area contributed by atoms with E-state index in [1.54, 1.807) is 29.7 Å². The van der Waals surface area contributed by atoms with Crippen LogP contribution >= 0.6 is 11.3 Å². The molecule has 2 atom stereocenters. The fourth-order valence-electron chi connectivity index (χ4n) is 3.43. The SMILES string of the molecule is COc1ncccc1C(=O)NC[C@H]1CCCN(C)[C@H]1c1cccs1. The lowest BCUT2D eigenvalue weighted by molar-refractivity contribution is 0.0892. The van der Waals surface area contributed by atoms with Crippen LogP contribution in [0.4, 0.5) is 0 Å². The minimum absolute atomic E-state index is 0.127. The molecule has 0 bridgehead atoms. The minimum Gasteiger partial charge on any atom is -0.480 e. The van der Waals surface area contributed by atoms with Gasteiger partial charge in [-0.1, -0.05) is 6.07 Å². The number of nitrogens with one attached hydrogen (secondary N) is 1. The Labute approximate surface area is 146 Å². The van der Waals surface area contributed by atoms with Gasteiger partial charge in [0.25, 0.3) is 5.91 Å². The summed E-state index contributed by atoms with van der Waals surface area (Å²) in [6.07, 6.45) is 3.91. The van der Waals surface area contributed by atoms with E-state index >= 15 is 0 Å². The number of amides is 1. The molecule has 6 heteroatoms. The molecule has 2 aromatic heterocycles. The van der Waals surface area contributed by atoms with Crippen molar-refractivity contribution in [3.05, 3.63) is 46.3 Å². The molecule has 3 heterocycles. The van der Waals surface area contributed by atoms with E-state index in [0.717, 1.165) is 19.4 Å². The van der Waals surface area contributed by atoms with Crippen molar-refractivity contribution >= 4 is 17.2 Å². The van der Waals surface area contributed by atoms with Gasteiger partial charge in [-0.15, -0.1) is 11.3 Å². The van der Waals surface area contributed by atoms with Crippen molar-refractivity contribution in [3.8, 4) is 5.88 Å². The summed E-state index contributed by atoms with van der Waals surface area (Å²) in [6, 6.07) is 8.15. The molecule has 3 rings (SSSR count). The first-order valence-electron chi connectivity index (χ1n) is 8.21. The molecule has 5 nitrogen and oxygen atoms in total. The highest BCUT2D eigenvalue weighted by atomic mass is 32.1. The predicted molar refractivity (Wildman–Crippen MR) is 95.5 cm³/mol. The van der Waals surface area contributed by atoms with Crippen molar-refractivity contribution in [2.24, 2.45) is 5.92 Å². The lowest BCUT2D eigenvalue weighted by Gasteiger charge is -2.38. The highest BCUT2D eigenvalue weighted by Gasteiger charge is 2.31. The molecule has 2 aromatic rings. The van der Waals surface area contributed by atoms with Crippen molar-refractivity contribution in [1.82, 2.24) is 15.2 Å². The fraction of sp³-hybridized carbons (Fsp3) is 0.444. The average molecular weight is 345 g/mol. The number of methoxy groups -OCH3 is 1. The molecule has 0 aromatic carbocycles. The van der Waals surface area contributed by atoms with Gasteiger partial charge in [-0.3, -0.25) is 9.69 Å². The Kier molecular flexibility index (Phi) is 5.48. The second-order valence-electron chi connectivity index (χ2n) is 6.11. The Morgan fingerprint density at radius 2 is 2.33 bits per heavy atom. The summed E-state index contributed by atoms with van der Waals surface area (Å²) in [4.78, 5) is 20.4. The van der Waals surface area contributed by atoms with Gasteiger partial charge >= 0.3 is 0 Å². The summed E-state index contributed by atoms with van der Waals surface area (Å²) < 4.78 is 5.18. The number of nitrogens with zero attached hydrogens (tertiary/aromatic N) is 2. The normalized spacial score (nSPS) is 21.4. The van der Waals surface area contributed by atoms with Crippen LogP contribution in [0.3, 0.4) is 0 Å². The quantitative estimate of drug-likeness (QED) is 0.905. The Morgan fingerprint density at radius 3 is 3.08 bits per heavy atom. The van der Waals surface area contributed by atoms with Gasteiger partial charge in [0.05, 0.1) is 7.11 Å². The summed E-state index contributed by atoms with van der Waals surface area (Å²) >= 11 is 1.79. The number of aromatic nitrogens is 1. The molecule has 0 aliphatic carbocycles. The van der Waals surface area contributed by atoms with Crippen LogP contribution in [0.1, 0.15) is 34.1 Å². The van der Waals surface area contributed by atoms with Crippen molar-refractivity contribution in [2.45, 2.75) is 18.9 Å². The van der Waals surface area contributed by atoms with Gasteiger partial charge in [-0.05, 0) is 55.9 Å². The maximum Gasteiger partial charge on any atom is 0.256 e. The standard InChI is InChI=1S/C18H23N3O2S/c1-21-10-4-6-13(16(21)15-8-5-11-24-15)12-20-17(22)14-7-3-9-19-18(14)23-2/h3,5,7-9,11,13,16H,4,6,10,12H2,1-2H3,(H,20,22)/t13-,16-/m1/s1. The molecule has 128 valence electrons. The summed E-state index contributed by atoms with van der Waals surface area (Å²) in [5.41, 5.74) is 0.483. The number of likely N-dealkylation sites (tertiary alicyclic amines) is 1. The Balaban J connectivity index is 1.69. The number of thiophene rings is 1. The molecular weight excluding hydrogens is 322 g/mol. The smallest absolute Gasteiger partial charge is 0.256 e. The zero-order chi connectivity index (χ0) is 16.9. The Hall–Kier alpha value is -1.92. The highest BCUT2D eigenvalue weighted by Crippen LogP contribution is 2.36. The summed E-state index contributed by atoms with van der Waals surface area (Å²) in [6.45, 7) is 1.76. The van der Waals surface area contributed by atoms with Crippen LogP contribution in [-0.2, 0) is 0 Å². The molecule has 1 fully saturated rings. The molecule has 1 aliphatic rings. The number of ether oxygens (including phenoxy) is 1. The average Bonchev–Trinajstić information content (AvgIpc) is 3.13. The third-order valence-corrected chi connectivity index (χ3v) is 5.52. The van der Waals surface area contributed by atoms with E-state index in [9.17, 15) is 4.79 Å². The maximum absolute atomic E-state index is 12.5. The van der Waals surface area contributed by atoms with E-state index in [0.29, 0.717) is 29.9 Å². The van der Waals surface area contributed by atoms with Crippen LogP contribution in [0.2, 0.25) is 0 Å². The summed E-state index contributed by atoms with van der Waals surface area (Å²) in [5, 5.41) is 5.19. The van der Waals surface area contributed by atoms with Gasteiger partial charge in [0.2, 0.25) is 5.88 Å². The third-order valence-electron chi connectivity index (χ3n) is 4.58. The van der Waals surface area contributed by atoms with Crippen molar-refractivity contribution in [1.29, 1.82) is 0 Å². The van der Waals surface area contributed by atoms with Crippen LogP contribution in [0.25, 0.3) is 0 Å². The number of carbonyl (C=O) groups is 1. The first-order chi connectivity index (χ1) is 11.7. The number of rotatable bonds is 5. The second-order valence-corrected chi connectivity index (χ2v) is 7.09. The lowest BCUT2D eigenvalue weighted by atomic mass is 9.88. The van der Waals surface area contributed by atoms with Crippen molar-refractivity contribution in [3.63, 3.8) is 0 Å². The van der Waals surface area contributed by atoms with Gasteiger partial charge in [0.15, 0.2) is 0 Å². The fourth-order valence-corrected chi connectivity index (χ4v) is 4.41. The monoisotopic (exact) mass is 345 g/mol. The minimum atomic E-state index is -0.127. The van der Waals surface area contributed by atoms with Crippen molar-refractivity contribution < 1.29 is 9.53 Å². The molecule has 1 saturated heterocycles. The molecule has 24 heavy (non-hydrogen) atoms. The van der Waals surface area contributed by atoms with E-state index < -0.39 is 0 Å². The molecular formula is C18H23N3O2S. The Morgan fingerprint density at radius 1 is 1.46 bits per heavy atom. The number of carbonyl (C=O) groups excluding carboxylic acids is 1. The van der Waals surface area contributed by atoms with Crippen molar-refractivity contribution in [2.75, 3.05) is 27.2 Å². The largest absolute Gasteiger partial charge is 0.480 e. The van der Waals surface area contributed by atoms with Crippen LogP contribution in [0, 0.1) is 5.92 Å². The van der Waals surface area contributed by atoms with E-state index in [2.05, 4.69) is 39.8 Å². The highest BCUT2D eigenvalue weighted by molar-refractivity contribution is 7.10. The van der Waals surface area contributed by atoms with Crippen LogP contribution in [0.5, 0.6) is 5.88 Å². The maximum atomic E-state index is 12.5. The molecule has 0 unspecified atom stereocenters. The number of pyridine rings is 1. The molecule has 0 radical (unpaired) electrons. The van der Waals surface area contributed by atoms with E-state index in [4.69, 9.17) is 4.74 Å². The van der Waals surface area contributed by atoms with Gasteiger partial charge in [0.1, 0.15) is 5.56 Å². The molecule has 1 N–H and O–H groups in total. The van der Waals surface area contributed by atoms with E-state index in [1.807, 2.05) is 0 Å². The lowest BCUT2D eigenvalue weighted by Crippen LogP contribution is -2.41.